The van der Waals surface area contributed by atoms with Gasteiger partial charge in [-0.25, -0.2) is 4.79 Å². The van der Waals surface area contributed by atoms with Crippen molar-refractivity contribution in [3.8, 4) is 11.4 Å². The fourth-order valence-corrected chi connectivity index (χ4v) is 5.06. The van der Waals surface area contributed by atoms with Crippen molar-refractivity contribution in [2.45, 2.75) is 24.9 Å². The smallest absolute Gasteiger partial charge is 0.325 e. The molecule has 0 bridgehead atoms. The molecular formula is C25H24N6O4S. The van der Waals surface area contributed by atoms with Gasteiger partial charge in [0, 0.05) is 36.1 Å². The Balaban J connectivity index is 1.43. The molecule has 0 saturated carbocycles. The first-order valence-corrected chi connectivity index (χ1v) is 12.5. The highest BCUT2D eigenvalue weighted by Crippen LogP contribution is 2.30. The van der Waals surface area contributed by atoms with E-state index in [9.17, 15) is 14.4 Å². The number of rotatable bonds is 8. The zero-order chi connectivity index (χ0) is 25.1. The molecule has 0 radical (unpaired) electrons. The summed E-state index contributed by atoms with van der Waals surface area (Å²) in [6.45, 7) is 3.13. The van der Waals surface area contributed by atoms with Gasteiger partial charge < -0.3 is 14.6 Å². The van der Waals surface area contributed by atoms with Crippen LogP contribution in [-0.4, -0.2) is 49.5 Å². The molecule has 3 heterocycles. The van der Waals surface area contributed by atoms with Gasteiger partial charge in [0.2, 0.25) is 5.91 Å². The fourth-order valence-electron chi connectivity index (χ4n) is 4.21. The number of ether oxygens (including phenoxy) is 1. The molecule has 10 nitrogen and oxygen atoms in total. The summed E-state index contributed by atoms with van der Waals surface area (Å²) in [6, 6.07) is 16.7. The lowest BCUT2D eigenvalue weighted by atomic mass is 10.2. The highest BCUT2D eigenvalue weighted by atomic mass is 32.2. The van der Waals surface area contributed by atoms with Crippen molar-refractivity contribution in [1.29, 1.82) is 0 Å². The number of aromatic amines is 2. The minimum atomic E-state index is -0.587. The molecule has 0 atom stereocenters. The number of amides is 1. The van der Waals surface area contributed by atoms with Gasteiger partial charge in [-0.1, -0.05) is 30.0 Å². The number of H-pyrrole nitrogens is 2. The van der Waals surface area contributed by atoms with Crippen LogP contribution in [0.4, 0.5) is 5.69 Å². The molecular weight excluding hydrogens is 480 g/mol. The van der Waals surface area contributed by atoms with Crippen molar-refractivity contribution in [2.75, 3.05) is 23.8 Å². The van der Waals surface area contributed by atoms with Gasteiger partial charge in [0.05, 0.1) is 12.4 Å². The van der Waals surface area contributed by atoms with Crippen LogP contribution in [-0.2, 0) is 17.6 Å². The monoisotopic (exact) mass is 504 g/mol. The second-order valence-electron chi connectivity index (χ2n) is 8.16. The van der Waals surface area contributed by atoms with Gasteiger partial charge in [-0.05, 0) is 49.2 Å². The molecule has 0 saturated heterocycles. The summed E-state index contributed by atoms with van der Waals surface area (Å²) in [5.74, 6) is 1.42. The van der Waals surface area contributed by atoms with E-state index in [0.29, 0.717) is 29.8 Å². The Bertz CT molecular complexity index is 1480. The van der Waals surface area contributed by atoms with Crippen LogP contribution in [0.2, 0.25) is 0 Å². The number of para-hydroxylation sites is 1. The Morgan fingerprint density at radius 1 is 1.08 bits per heavy atom. The third-order valence-corrected chi connectivity index (χ3v) is 6.70. The van der Waals surface area contributed by atoms with E-state index in [1.54, 1.807) is 0 Å². The number of aromatic nitrogens is 5. The average molecular weight is 505 g/mol. The third kappa shape index (κ3) is 4.96. The lowest BCUT2D eigenvalue weighted by Gasteiger charge is -2.17. The predicted molar refractivity (Wildman–Crippen MR) is 136 cm³/mol. The van der Waals surface area contributed by atoms with Crippen molar-refractivity contribution < 1.29 is 9.53 Å². The zero-order valence-corrected chi connectivity index (χ0v) is 20.4. The number of fused-ring (bicyclic) bond motifs is 1. The van der Waals surface area contributed by atoms with E-state index < -0.39 is 11.2 Å². The number of carbonyl (C=O) groups excluding carboxylic acids is 1. The van der Waals surface area contributed by atoms with Crippen LogP contribution in [0.3, 0.4) is 0 Å². The minimum absolute atomic E-state index is 0.00772. The Hall–Kier alpha value is -4.12. The number of carbonyl (C=O) groups is 1. The summed E-state index contributed by atoms with van der Waals surface area (Å²) in [5.41, 5.74) is 2.22. The van der Waals surface area contributed by atoms with Gasteiger partial charge >= 0.3 is 5.69 Å². The first kappa shape index (κ1) is 23.6. The maximum atomic E-state index is 13.1. The van der Waals surface area contributed by atoms with Crippen LogP contribution >= 0.6 is 11.8 Å². The van der Waals surface area contributed by atoms with Crippen LogP contribution < -0.4 is 20.9 Å². The molecule has 2 N–H and O–H groups in total. The average Bonchev–Trinajstić information content (AvgIpc) is 3.47. The van der Waals surface area contributed by atoms with Gasteiger partial charge in [-0.3, -0.25) is 19.1 Å². The first-order chi connectivity index (χ1) is 17.5. The van der Waals surface area contributed by atoms with Crippen LogP contribution in [0.1, 0.15) is 24.0 Å². The molecule has 0 aliphatic carbocycles. The maximum absolute atomic E-state index is 13.1. The van der Waals surface area contributed by atoms with E-state index in [1.165, 1.54) is 23.4 Å². The molecule has 1 aliphatic rings. The predicted octanol–water partition coefficient (Wildman–Crippen LogP) is 2.31. The zero-order valence-electron chi connectivity index (χ0n) is 19.6. The molecule has 5 rings (SSSR count). The Labute approximate surface area is 210 Å². The summed E-state index contributed by atoms with van der Waals surface area (Å²) in [6.07, 6.45) is 1.01. The largest absolute Gasteiger partial charge is 0.494 e. The van der Waals surface area contributed by atoms with Crippen LogP contribution in [0.5, 0.6) is 5.75 Å². The molecule has 0 spiro atoms. The number of hydrogen-bond acceptors (Lipinski definition) is 7. The van der Waals surface area contributed by atoms with Gasteiger partial charge in [-0.2, -0.15) is 0 Å². The highest BCUT2D eigenvalue weighted by Gasteiger charge is 2.25. The fraction of sp³-hybridized carbons (Fsp3) is 0.240. The van der Waals surface area contributed by atoms with Crippen molar-refractivity contribution >= 4 is 23.4 Å². The molecule has 184 valence electrons. The van der Waals surface area contributed by atoms with Crippen LogP contribution in [0.15, 0.2) is 69.3 Å². The minimum Gasteiger partial charge on any atom is -0.494 e. The summed E-state index contributed by atoms with van der Waals surface area (Å²) in [4.78, 5) is 43.2. The Morgan fingerprint density at radius 3 is 2.67 bits per heavy atom. The molecule has 1 amide bonds. The molecule has 4 aromatic rings. The summed E-state index contributed by atoms with van der Waals surface area (Å²) in [5, 5.41) is 9.18. The molecule has 2 aromatic heterocycles. The number of nitrogens with one attached hydrogen (secondary N) is 2. The van der Waals surface area contributed by atoms with E-state index in [0.717, 1.165) is 23.5 Å². The molecule has 11 heteroatoms. The number of nitrogens with zero attached hydrogens (tertiary/aromatic N) is 4. The van der Waals surface area contributed by atoms with Crippen molar-refractivity contribution in [1.82, 2.24) is 24.7 Å². The molecule has 1 aliphatic heterocycles. The van der Waals surface area contributed by atoms with E-state index in [1.807, 2.05) is 64.9 Å². The van der Waals surface area contributed by atoms with Crippen LogP contribution in [0.25, 0.3) is 5.69 Å². The van der Waals surface area contributed by atoms with E-state index >= 15 is 0 Å². The topological polar surface area (TPSA) is 126 Å². The summed E-state index contributed by atoms with van der Waals surface area (Å²) >= 11 is 1.29. The number of thioether (sulfide) groups is 1. The SMILES string of the molecule is CCOc1ccc(-n2c(Cc3cc(=O)[nH]c(=O)[nH]3)nnc2SCC(=O)N2CCc3ccccc32)cc1. The van der Waals surface area contributed by atoms with Gasteiger partial charge in [0.1, 0.15) is 11.6 Å². The van der Waals surface area contributed by atoms with Gasteiger partial charge in [0.15, 0.2) is 5.16 Å². The Morgan fingerprint density at radius 2 is 1.89 bits per heavy atom. The standard InChI is InChI=1S/C25H24N6O4S/c1-2-35-19-9-7-18(8-10-19)31-21(13-17-14-22(32)27-24(34)26-17)28-29-25(31)36-15-23(33)30-12-11-16-5-3-4-6-20(16)30/h3-10,14H,2,11-13,15H2,1H3,(H2,26,27,32,34). The normalized spacial score (nSPS) is 12.5. The summed E-state index contributed by atoms with van der Waals surface area (Å²) < 4.78 is 7.38. The maximum Gasteiger partial charge on any atom is 0.325 e. The van der Waals surface area contributed by atoms with Gasteiger partial charge in [0.25, 0.3) is 5.56 Å². The van der Waals surface area contributed by atoms with E-state index in [4.69, 9.17) is 4.74 Å². The van der Waals surface area contributed by atoms with E-state index in [2.05, 4.69) is 20.2 Å². The Kier molecular flexibility index (Phi) is 6.72. The number of anilines is 1. The lowest BCUT2D eigenvalue weighted by Crippen LogP contribution is -2.30. The van der Waals surface area contributed by atoms with Crippen molar-refractivity contribution in [3.63, 3.8) is 0 Å². The second kappa shape index (κ2) is 10.2. The number of benzene rings is 2. The van der Waals surface area contributed by atoms with Crippen molar-refractivity contribution in [3.05, 3.63) is 92.5 Å². The number of hydrogen-bond donors (Lipinski definition) is 2. The third-order valence-electron chi connectivity index (χ3n) is 5.78. The van der Waals surface area contributed by atoms with E-state index in [-0.39, 0.29) is 18.1 Å². The summed E-state index contributed by atoms with van der Waals surface area (Å²) in [7, 11) is 0. The first-order valence-electron chi connectivity index (χ1n) is 11.5. The van der Waals surface area contributed by atoms with Crippen molar-refractivity contribution in [2.24, 2.45) is 0 Å². The second-order valence-corrected chi connectivity index (χ2v) is 9.11. The quantitative estimate of drug-likeness (QED) is 0.353. The molecule has 0 unspecified atom stereocenters. The highest BCUT2D eigenvalue weighted by molar-refractivity contribution is 7.99. The lowest BCUT2D eigenvalue weighted by molar-refractivity contribution is -0.116. The molecule has 2 aromatic carbocycles. The van der Waals surface area contributed by atoms with Gasteiger partial charge in [-0.15, -0.1) is 10.2 Å². The molecule has 36 heavy (non-hydrogen) atoms. The van der Waals surface area contributed by atoms with Crippen LogP contribution in [0, 0.1) is 0 Å². The molecule has 0 fully saturated rings.